The molecule has 0 aliphatic carbocycles. The zero-order valence-corrected chi connectivity index (χ0v) is 16.8. The Morgan fingerprint density at radius 2 is 1.81 bits per heavy atom. The fourth-order valence-electron chi connectivity index (χ4n) is 2.43. The number of carbonyl (C=O) groups excluding carboxylic acids is 1. The number of hydrogen-bond donors (Lipinski definition) is 1. The minimum Gasteiger partial charge on any atom is -0.298 e. The molecule has 6 nitrogen and oxygen atoms in total. The van der Waals surface area contributed by atoms with Crippen LogP contribution in [0.25, 0.3) is 11.3 Å². The van der Waals surface area contributed by atoms with E-state index in [1.807, 2.05) is 30.5 Å². The number of rotatable bonds is 5. The second-order valence-corrected chi connectivity index (χ2v) is 9.18. The van der Waals surface area contributed by atoms with Gasteiger partial charge in [0.1, 0.15) is 0 Å². The Labute approximate surface area is 162 Å². The molecule has 1 aromatic heterocycles. The van der Waals surface area contributed by atoms with E-state index in [1.165, 1.54) is 29.7 Å². The Hall–Kier alpha value is -2.55. The number of thiazole rings is 1. The second-order valence-electron chi connectivity index (χ2n) is 6.17. The lowest BCUT2D eigenvalue weighted by Crippen LogP contribution is -2.22. The fourth-order valence-corrected chi connectivity index (χ4v) is 4.04. The zero-order valence-electron chi connectivity index (χ0n) is 15.1. The smallest absolute Gasteiger partial charge is 0.257 e. The summed E-state index contributed by atoms with van der Waals surface area (Å²) in [4.78, 5) is 17.0. The van der Waals surface area contributed by atoms with Gasteiger partial charge in [0, 0.05) is 30.6 Å². The maximum absolute atomic E-state index is 12.3. The Balaban J connectivity index is 1.77. The minimum atomic E-state index is -3.46. The molecule has 0 spiro atoms. The highest BCUT2D eigenvalue weighted by molar-refractivity contribution is 7.89. The van der Waals surface area contributed by atoms with Gasteiger partial charge in [0.25, 0.3) is 5.91 Å². The molecule has 3 aromatic rings. The summed E-state index contributed by atoms with van der Waals surface area (Å²) < 4.78 is 25.4. The molecule has 0 atom stereocenters. The summed E-state index contributed by atoms with van der Waals surface area (Å²) in [5.41, 5.74) is 3.04. The van der Waals surface area contributed by atoms with E-state index < -0.39 is 10.0 Å². The lowest BCUT2D eigenvalue weighted by Gasteiger charge is -2.11. The molecule has 8 heteroatoms. The van der Waals surface area contributed by atoms with Gasteiger partial charge >= 0.3 is 0 Å². The van der Waals surface area contributed by atoms with Crippen LogP contribution in [0.4, 0.5) is 5.13 Å². The predicted molar refractivity (Wildman–Crippen MR) is 108 cm³/mol. The molecule has 0 saturated heterocycles. The van der Waals surface area contributed by atoms with Crippen molar-refractivity contribution in [3.8, 4) is 11.3 Å². The quantitative estimate of drug-likeness (QED) is 0.708. The molecule has 0 unspecified atom stereocenters. The third-order valence-corrected chi connectivity index (χ3v) is 6.52. The Morgan fingerprint density at radius 3 is 2.44 bits per heavy atom. The van der Waals surface area contributed by atoms with Crippen molar-refractivity contribution in [2.75, 3.05) is 19.4 Å². The van der Waals surface area contributed by atoms with E-state index in [-0.39, 0.29) is 10.8 Å². The van der Waals surface area contributed by atoms with Crippen molar-refractivity contribution in [3.63, 3.8) is 0 Å². The fraction of sp³-hybridized carbons (Fsp3) is 0.158. The summed E-state index contributed by atoms with van der Waals surface area (Å²) in [6.07, 6.45) is 0. The third-order valence-electron chi connectivity index (χ3n) is 3.93. The largest absolute Gasteiger partial charge is 0.298 e. The highest BCUT2D eigenvalue weighted by Crippen LogP contribution is 2.26. The van der Waals surface area contributed by atoms with E-state index in [4.69, 9.17) is 0 Å². The van der Waals surface area contributed by atoms with Gasteiger partial charge in [0.2, 0.25) is 10.0 Å². The lowest BCUT2D eigenvalue weighted by atomic mass is 10.1. The minimum absolute atomic E-state index is 0.216. The van der Waals surface area contributed by atoms with E-state index in [0.29, 0.717) is 16.4 Å². The van der Waals surface area contributed by atoms with Gasteiger partial charge in [-0.15, -0.1) is 11.3 Å². The maximum atomic E-state index is 12.3. The zero-order chi connectivity index (χ0) is 19.6. The molecule has 1 amide bonds. The van der Waals surface area contributed by atoms with Gasteiger partial charge in [-0.1, -0.05) is 29.8 Å². The van der Waals surface area contributed by atoms with Gasteiger partial charge in [-0.25, -0.2) is 17.7 Å². The van der Waals surface area contributed by atoms with Gasteiger partial charge < -0.3 is 0 Å². The predicted octanol–water partition coefficient (Wildman–Crippen LogP) is 3.62. The molecule has 2 aromatic carbocycles. The number of nitrogens with one attached hydrogen (secondary N) is 1. The summed E-state index contributed by atoms with van der Waals surface area (Å²) >= 11 is 1.32. The molecule has 1 heterocycles. The first-order valence-corrected chi connectivity index (χ1v) is 10.5. The van der Waals surface area contributed by atoms with Crippen molar-refractivity contribution >= 4 is 32.4 Å². The van der Waals surface area contributed by atoms with Crippen LogP contribution in [0.5, 0.6) is 0 Å². The molecule has 0 aliphatic rings. The molecule has 0 bridgehead atoms. The molecule has 3 rings (SSSR count). The molecule has 0 saturated carbocycles. The van der Waals surface area contributed by atoms with Gasteiger partial charge in [0.05, 0.1) is 10.6 Å². The first kappa shape index (κ1) is 19.2. The SMILES string of the molecule is Cc1cccc(C(=O)Nc2nc(-c3ccc(S(=O)(=O)N(C)C)cc3)cs2)c1. The summed E-state index contributed by atoms with van der Waals surface area (Å²) in [5, 5.41) is 5.10. The van der Waals surface area contributed by atoms with E-state index in [1.54, 1.807) is 30.3 Å². The van der Waals surface area contributed by atoms with Crippen LogP contribution in [0.1, 0.15) is 15.9 Å². The second kappa shape index (κ2) is 7.59. The van der Waals surface area contributed by atoms with E-state index in [9.17, 15) is 13.2 Å². The monoisotopic (exact) mass is 401 g/mol. The Kier molecular flexibility index (Phi) is 5.41. The topological polar surface area (TPSA) is 79.4 Å². The van der Waals surface area contributed by atoms with Crippen LogP contribution in [0.15, 0.2) is 58.8 Å². The molecular weight excluding hydrogens is 382 g/mol. The summed E-state index contributed by atoms with van der Waals surface area (Å²) in [7, 11) is -0.476. The van der Waals surface area contributed by atoms with E-state index >= 15 is 0 Å². The van der Waals surface area contributed by atoms with Crippen molar-refractivity contribution in [2.24, 2.45) is 0 Å². The summed E-state index contributed by atoms with van der Waals surface area (Å²) in [5.74, 6) is -0.216. The van der Waals surface area contributed by atoms with Crippen LogP contribution in [-0.4, -0.2) is 37.7 Å². The normalized spacial score (nSPS) is 11.6. The highest BCUT2D eigenvalue weighted by Gasteiger charge is 2.17. The van der Waals surface area contributed by atoms with Gasteiger partial charge in [0.15, 0.2) is 5.13 Å². The number of aromatic nitrogens is 1. The van der Waals surface area contributed by atoms with Gasteiger partial charge in [-0.05, 0) is 31.2 Å². The van der Waals surface area contributed by atoms with Crippen LogP contribution in [0.3, 0.4) is 0 Å². The molecule has 140 valence electrons. The first-order chi connectivity index (χ1) is 12.8. The Morgan fingerprint density at radius 1 is 1.11 bits per heavy atom. The van der Waals surface area contributed by atoms with Crippen molar-refractivity contribution in [3.05, 3.63) is 65.0 Å². The first-order valence-electron chi connectivity index (χ1n) is 8.14. The van der Waals surface area contributed by atoms with Gasteiger partial charge in [-0.3, -0.25) is 10.1 Å². The van der Waals surface area contributed by atoms with Crippen LogP contribution >= 0.6 is 11.3 Å². The average Bonchev–Trinajstić information content (AvgIpc) is 3.10. The van der Waals surface area contributed by atoms with Crippen LogP contribution in [0, 0.1) is 6.92 Å². The maximum Gasteiger partial charge on any atom is 0.257 e. The summed E-state index contributed by atoms with van der Waals surface area (Å²) in [6, 6.07) is 13.8. The number of nitrogens with zero attached hydrogens (tertiary/aromatic N) is 2. The number of amides is 1. The lowest BCUT2D eigenvalue weighted by molar-refractivity contribution is 0.102. The molecule has 0 radical (unpaired) electrons. The molecule has 27 heavy (non-hydrogen) atoms. The molecule has 1 N–H and O–H groups in total. The number of hydrogen-bond acceptors (Lipinski definition) is 5. The number of anilines is 1. The van der Waals surface area contributed by atoms with Crippen molar-refractivity contribution < 1.29 is 13.2 Å². The van der Waals surface area contributed by atoms with Crippen molar-refractivity contribution in [1.29, 1.82) is 0 Å². The van der Waals surface area contributed by atoms with E-state index in [2.05, 4.69) is 10.3 Å². The average molecular weight is 402 g/mol. The van der Waals surface area contributed by atoms with Crippen LogP contribution in [-0.2, 0) is 10.0 Å². The van der Waals surface area contributed by atoms with Crippen molar-refractivity contribution in [2.45, 2.75) is 11.8 Å². The third kappa shape index (κ3) is 4.24. The highest BCUT2D eigenvalue weighted by atomic mass is 32.2. The van der Waals surface area contributed by atoms with Crippen LogP contribution < -0.4 is 5.32 Å². The molecular formula is C19H19N3O3S2. The summed E-state index contributed by atoms with van der Waals surface area (Å²) in [6.45, 7) is 1.93. The molecule has 0 aliphatic heterocycles. The molecule has 0 fully saturated rings. The number of aryl methyl sites for hydroxylation is 1. The van der Waals surface area contributed by atoms with Crippen molar-refractivity contribution in [1.82, 2.24) is 9.29 Å². The standard InChI is InChI=1S/C19H19N3O3S2/c1-13-5-4-6-15(11-13)18(23)21-19-20-17(12-26-19)14-7-9-16(10-8-14)27(24,25)22(2)3/h4-12H,1-3H3,(H,20,21,23). The number of carbonyl (C=O) groups is 1. The van der Waals surface area contributed by atoms with Crippen LogP contribution in [0.2, 0.25) is 0 Å². The Bertz CT molecular complexity index is 1070. The number of sulfonamides is 1. The number of benzene rings is 2. The van der Waals surface area contributed by atoms with E-state index in [0.717, 1.165) is 11.1 Å². The van der Waals surface area contributed by atoms with Gasteiger partial charge in [-0.2, -0.15) is 0 Å².